The number of nitrogens with two attached hydrogens (primary N) is 1. The molecule has 0 unspecified atom stereocenters. The number of benzene rings is 1. The van der Waals surface area contributed by atoms with Crippen molar-refractivity contribution in [2.75, 3.05) is 16.8 Å². The number of primary amides is 1. The van der Waals surface area contributed by atoms with Crippen LogP contribution in [0.1, 0.15) is 30.1 Å². The van der Waals surface area contributed by atoms with E-state index >= 15 is 0 Å². The highest BCUT2D eigenvalue weighted by Crippen LogP contribution is 2.36. The molecule has 0 bridgehead atoms. The first-order valence-electron chi connectivity index (χ1n) is 12.1. The van der Waals surface area contributed by atoms with Gasteiger partial charge < -0.3 is 30.2 Å². The Labute approximate surface area is 232 Å². The number of nitrogens with zero attached hydrogens (tertiary/aromatic N) is 5. The van der Waals surface area contributed by atoms with E-state index in [2.05, 4.69) is 27.1 Å². The number of pyridine rings is 1. The van der Waals surface area contributed by atoms with Crippen molar-refractivity contribution in [3.05, 3.63) is 62.9 Å². The van der Waals surface area contributed by atoms with Crippen molar-refractivity contribution >= 4 is 57.6 Å². The molecule has 5 rings (SSSR count). The Morgan fingerprint density at radius 2 is 1.97 bits per heavy atom. The topological polar surface area (TPSA) is 148 Å². The molecule has 39 heavy (non-hydrogen) atoms. The molecule has 0 aliphatic carbocycles. The van der Waals surface area contributed by atoms with Crippen LogP contribution in [0.4, 0.5) is 11.5 Å². The Morgan fingerprint density at radius 1 is 1.21 bits per heavy atom. The maximum absolute atomic E-state index is 13.2. The summed E-state index contributed by atoms with van der Waals surface area (Å²) in [6, 6.07) is 4.84. The molecule has 1 aromatic carbocycles. The molecule has 11 nitrogen and oxygen atoms in total. The van der Waals surface area contributed by atoms with Gasteiger partial charge in [0.25, 0.3) is 11.5 Å². The molecule has 1 aliphatic heterocycles. The molecular weight excluding hydrogens is 545 g/mol. The third-order valence-electron chi connectivity index (χ3n) is 6.85. The summed E-state index contributed by atoms with van der Waals surface area (Å²) in [5, 5.41) is 13.4. The lowest BCUT2D eigenvalue weighted by Crippen LogP contribution is -2.27. The van der Waals surface area contributed by atoms with Crippen molar-refractivity contribution in [1.29, 1.82) is 0 Å². The molecule has 1 saturated heterocycles. The van der Waals surface area contributed by atoms with Gasteiger partial charge in [0.1, 0.15) is 23.8 Å². The summed E-state index contributed by atoms with van der Waals surface area (Å²) in [6.07, 6.45) is 6.56. The minimum atomic E-state index is -0.887. The van der Waals surface area contributed by atoms with Gasteiger partial charge in [0.05, 0.1) is 39.2 Å². The van der Waals surface area contributed by atoms with Gasteiger partial charge >= 0.3 is 0 Å². The van der Waals surface area contributed by atoms with Crippen LogP contribution < -0.4 is 21.5 Å². The Balaban J connectivity index is 1.52. The number of hydrogen-bond donors (Lipinski definition) is 3. The third kappa shape index (κ3) is 4.90. The van der Waals surface area contributed by atoms with Crippen molar-refractivity contribution in [2.45, 2.75) is 32.4 Å². The summed E-state index contributed by atoms with van der Waals surface area (Å²) in [4.78, 5) is 49.1. The number of fused-ring (bicyclic) bond motifs is 1. The fourth-order valence-corrected chi connectivity index (χ4v) is 5.22. The summed E-state index contributed by atoms with van der Waals surface area (Å²) < 4.78 is 2.82. The minimum absolute atomic E-state index is 0.115. The highest BCUT2D eigenvalue weighted by molar-refractivity contribution is 6.34. The molecule has 1 atom stereocenters. The van der Waals surface area contributed by atoms with E-state index in [9.17, 15) is 19.5 Å². The van der Waals surface area contributed by atoms with E-state index in [1.807, 2.05) is 0 Å². The molecule has 1 aliphatic rings. The second-order valence-electron chi connectivity index (χ2n) is 9.50. The van der Waals surface area contributed by atoms with Crippen LogP contribution in [0.15, 0.2) is 41.7 Å². The molecule has 13 heteroatoms. The number of amides is 2. The molecule has 4 aromatic rings. The minimum Gasteiger partial charge on any atom is -0.506 e. The lowest BCUT2D eigenvalue weighted by atomic mass is 10.0. The Bertz CT molecular complexity index is 1700. The summed E-state index contributed by atoms with van der Waals surface area (Å²) in [6.45, 7) is 2.81. The average Bonchev–Trinajstić information content (AvgIpc) is 3.48. The zero-order chi connectivity index (χ0) is 28.0. The van der Waals surface area contributed by atoms with E-state index in [-0.39, 0.29) is 33.7 Å². The zero-order valence-corrected chi connectivity index (χ0v) is 22.6. The van der Waals surface area contributed by atoms with Crippen LogP contribution in [0.25, 0.3) is 22.2 Å². The van der Waals surface area contributed by atoms with E-state index < -0.39 is 17.6 Å². The van der Waals surface area contributed by atoms with Crippen LogP contribution in [-0.4, -0.2) is 48.6 Å². The maximum atomic E-state index is 13.2. The van der Waals surface area contributed by atoms with Crippen molar-refractivity contribution in [3.8, 4) is 16.9 Å². The zero-order valence-electron chi connectivity index (χ0n) is 21.1. The lowest BCUT2D eigenvalue weighted by molar-refractivity contribution is -0.116. The van der Waals surface area contributed by atoms with Gasteiger partial charge in [-0.2, -0.15) is 0 Å². The molecule has 2 amide bonds. The predicted octanol–water partition coefficient (Wildman–Crippen LogP) is 3.54. The van der Waals surface area contributed by atoms with Crippen LogP contribution >= 0.6 is 23.2 Å². The van der Waals surface area contributed by atoms with Gasteiger partial charge in [0.15, 0.2) is 0 Å². The Kier molecular flexibility index (Phi) is 6.96. The van der Waals surface area contributed by atoms with Gasteiger partial charge in [-0.05, 0) is 37.5 Å². The van der Waals surface area contributed by atoms with E-state index in [0.717, 1.165) is 25.2 Å². The largest absolute Gasteiger partial charge is 0.506 e. The molecule has 1 fully saturated rings. The van der Waals surface area contributed by atoms with Gasteiger partial charge in [-0.25, -0.2) is 9.97 Å². The van der Waals surface area contributed by atoms with Gasteiger partial charge in [0.2, 0.25) is 5.91 Å². The number of aromatic nitrogens is 4. The molecule has 4 N–H and O–H groups in total. The van der Waals surface area contributed by atoms with Gasteiger partial charge in [-0.3, -0.25) is 14.4 Å². The number of aromatic hydroxyl groups is 1. The van der Waals surface area contributed by atoms with E-state index in [4.69, 9.17) is 28.9 Å². The Hall–Kier alpha value is -4.09. The summed E-state index contributed by atoms with van der Waals surface area (Å²) in [5.41, 5.74) is 6.21. The van der Waals surface area contributed by atoms with E-state index in [1.54, 1.807) is 19.3 Å². The number of anilines is 2. The second kappa shape index (κ2) is 10.2. The first-order chi connectivity index (χ1) is 18.5. The second-order valence-corrected chi connectivity index (χ2v) is 10.3. The predicted molar refractivity (Wildman–Crippen MR) is 150 cm³/mol. The van der Waals surface area contributed by atoms with E-state index in [1.165, 1.54) is 33.8 Å². The third-order valence-corrected chi connectivity index (χ3v) is 7.44. The van der Waals surface area contributed by atoms with E-state index in [0.29, 0.717) is 27.9 Å². The van der Waals surface area contributed by atoms with Crippen LogP contribution in [0.3, 0.4) is 0 Å². The van der Waals surface area contributed by atoms with Crippen molar-refractivity contribution in [3.63, 3.8) is 0 Å². The molecule has 202 valence electrons. The van der Waals surface area contributed by atoms with Gasteiger partial charge in [0, 0.05) is 37.5 Å². The fraction of sp³-hybridized carbons (Fsp3) is 0.269. The number of phenols is 1. The van der Waals surface area contributed by atoms with Crippen molar-refractivity contribution in [1.82, 2.24) is 19.1 Å². The highest BCUT2D eigenvalue weighted by atomic mass is 35.5. The number of nitrogens with one attached hydrogen (secondary N) is 1. The number of carbonyl (C=O) groups is 2. The molecular formula is C26H25Cl2N7O4. The number of hydrogen-bond acceptors (Lipinski definition) is 7. The monoisotopic (exact) mass is 569 g/mol. The molecule has 0 radical (unpaired) electrons. The molecule has 0 saturated carbocycles. The van der Waals surface area contributed by atoms with Crippen LogP contribution in [0.5, 0.6) is 5.75 Å². The summed E-state index contributed by atoms with van der Waals surface area (Å²) in [7, 11) is 1.55. The van der Waals surface area contributed by atoms with Crippen LogP contribution in [-0.2, 0) is 18.4 Å². The summed E-state index contributed by atoms with van der Waals surface area (Å²) in [5.74, 6) is -1.02. The molecule has 0 spiro atoms. The standard InChI is InChI=1S/C26H25Cl2N7O4/c1-13-4-3-5-35(13)20-8-19(18(28)9-30-20)32-21(36)11-34-10-16(22-25(34)31-12-33(2)26(22)39)14-6-15(24(29)38)23(37)17(27)7-14/h6-10,12-13,37H,3-5,11H2,1-2H3,(H2,29,38)(H,30,32,36)/t13-/m0/s1. The SMILES string of the molecule is C[C@H]1CCCN1c1cc(NC(=O)Cn2cc(-c3cc(Cl)c(O)c(C(N)=O)c3)c3c(=O)n(C)cnc32)c(Cl)cn1. The number of rotatable bonds is 6. The Morgan fingerprint density at radius 3 is 2.67 bits per heavy atom. The first kappa shape index (κ1) is 26.5. The van der Waals surface area contributed by atoms with Crippen LogP contribution in [0, 0.1) is 0 Å². The lowest BCUT2D eigenvalue weighted by Gasteiger charge is -2.23. The molecule has 4 heterocycles. The fourth-order valence-electron chi connectivity index (χ4n) is 4.85. The van der Waals surface area contributed by atoms with Gasteiger partial charge in [-0.15, -0.1) is 0 Å². The number of halogens is 2. The summed E-state index contributed by atoms with van der Waals surface area (Å²) >= 11 is 12.5. The smallest absolute Gasteiger partial charge is 0.263 e. The normalized spacial score (nSPS) is 15.2. The van der Waals surface area contributed by atoms with Crippen molar-refractivity contribution in [2.24, 2.45) is 12.8 Å². The number of aryl methyl sites for hydroxylation is 1. The highest BCUT2D eigenvalue weighted by Gasteiger charge is 2.24. The van der Waals surface area contributed by atoms with Crippen molar-refractivity contribution < 1.29 is 14.7 Å². The first-order valence-corrected chi connectivity index (χ1v) is 12.9. The van der Waals surface area contributed by atoms with Gasteiger partial charge in [-0.1, -0.05) is 23.2 Å². The van der Waals surface area contributed by atoms with Crippen LogP contribution in [0.2, 0.25) is 10.0 Å². The average molecular weight is 570 g/mol. The quantitative estimate of drug-likeness (QED) is 0.321. The maximum Gasteiger partial charge on any atom is 0.263 e. The molecule has 3 aromatic heterocycles. The number of carbonyl (C=O) groups excluding carboxylic acids is 2.